The SMILES string of the molecule is Cc1ccc(Cl)c(F)c1CC(N)C(=O)O. The third kappa shape index (κ3) is 2.67. The zero-order chi connectivity index (χ0) is 11.6. The van der Waals surface area contributed by atoms with Crippen LogP contribution in [0.15, 0.2) is 12.1 Å². The van der Waals surface area contributed by atoms with Gasteiger partial charge in [0.2, 0.25) is 0 Å². The van der Waals surface area contributed by atoms with Gasteiger partial charge < -0.3 is 10.8 Å². The van der Waals surface area contributed by atoms with Gasteiger partial charge in [-0.05, 0) is 24.1 Å². The molecule has 3 N–H and O–H groups in total. The number of hydrogen-bond donors (Lipinski definition) is 2. The van der Waals surface area contributed by atoms with Gasteiger partial charge in [0.25, 0.3) is 0 Å². The molecule has 0 aliphatic carbocycles. The minimum Gasteiger partial charge on any atom is -0.480 e. The average Bonchev–Trinajstić information content (AvgIpc) is 2.18. The van der Waals surface area contributed by atoms with Gasteiger partial charge in [0.15, 0.2) is 0 Å². The molecule has 1 rings (SSSR count). The summed E-state index contributed by atoms with van der Waals surface area (Å²) in [5, 5.41) is 8.59. The van der Waals surface area contributed by atoms with Crippen LogP contribution in [0.5, 0.6) is 0 Å². The van der Waals surface area contributed by atoms with Crippen LogP contribution in [0.1, 0.15) is 11.1 Å². The van der Waals surface area contributed by atoms with Gasteiger partial charge in [-0.2, -0.15) is 0 Å². The number of benzene rings is 1. The lowest BCUT2D eigenvalue weighted by molar-refractivity contribution is -0.138. The lowest BCUT2D eigenvalue weighted by atomic mass is 10.0. The van der Waals surface area contributed by atoms with Gasteiger partial charge in [-0.1, -0.05) is 17.7 Å². The summed E-state index contributed by atoms with van der Waals surface area (Å²) in [4.78, 5) is 10.5. The van der Waals surface area contributed by atoms with Crippen molar-refractivity contribution in [3.8, 4) is 0 Å². The summed E-state index contributed by atoms with van der Waals surface area (Å²) in [7, 11) is 0. The largest absolute Gasteiger partial charge is 0.480 e. The predicted molar refractivity (Wildman–Crippen MR) is 55.5 cm³/mol. The molecule has 3 nitrogen and oxygen atoms in total. The number of carboxylic acids is 1. The maximum atomic E-state index is 13.5. The number of carboxylic acid groups (broad SMARTS) is 1. The Labute approximate surface area is 91.7 Å². The molecule has 1 atom stereocenters. The first-order chi connectivity index (χ1) is 6.93. The fraction of sp³-hybridized carbons (Fsp3) is 0.300. The number of halogens is 2. The fourth-order valence-electron chi connectivity index (χ4n) is 1.25. The summed E-state index contributed by atoms with van der Waals surface area (Å²) in [5.41, 5.74) is 6.24. The molecule has 15 heavy (non-hydrogen) atoms. The maximum Gasteiger partial charge on any atom is 0.320 e. The fourth-order valence-corrected chi connectivity index (χ4v) is 1.42. The summed E-state index contributed by atoms with van der Waals surface area (Å²) in [6, 6.07) is 1.95. The van der Waals surface area contributed by atoms with E-state index in [4.69, 9.17) is 22.4 Å². The molecular weight excluding hydrogens is 221 g/mol. The second-order valence-corrected chi connectivity index (χ2v) is 3.71. The van der Waals surface area contributed by atoms with E-state index in [-0.39, 0.29) is 17.0 Å². The van der Waals surface area contributed by atoms with Gasteiger partial charge in [-0.15, -0.1) is 0 Å². The molecule has 1 aromatic carbocycles. The summed E-state index contributed by atoms with van der Waals surface area (Å²) in [6.07, 6.45) is -0.0619. The minimum atomic E-state index is -1.16. The highest BCUT2D eigenvalue weighted by atomic mass is 35.5. The van der Waals surface area contributed by atoms with Crippen molar-refractivity contribution in [3.63, 3.8) is 0 Å². The van der Waals surface area contributed by atoms with E-state index in [1.54, 1.807) is 13.0 Å². The van der Waals surface area contributed by atoms with E-state index < -0.39 is 17.8 Å². The van der Waals surface area contributed by atoms with E-state index in [2.05, 4.69) is 0 Å². The van der Waals surface area contributed by atoms with E-state index in [1.807, 2.05) is 0 Å². The Bertz CT molecular complexity index is 395. The van der Waals surface area contributed by atoms with Crippen LogP contribution in [0, 0.1) is 12.7 Å². The number of hydrogen-bond acceptors (Lipinski definition) is 2. The Hall–Kier alpha value is -1.13. The average molecular weight is 232 g/mol. The zero-order valence-electron chi connectivity index (χ0n) is 8.13. The molecule has 0 saturated heterocycles. The molecule has 0 spiro atoms. The summed E-state index contributed by atoms with van der Waals surface area (Å²) in [6.45, 7) is 1.68. The van der Waals surface area contributed by atoms with Crippen LogP contribution in [0.3, 0.4) is 0 Å². The molecule has 0 fully saturated rings. The van der Waals surface area contributed by atoms with Gasteiger partial charge in [0.05, 0.1) is 5.02 Å². The Kier molecular flexibility index (Phi) is 3.66. The summed E-state index contributed by atoms with van der Waals surface area (Å²) >= 11 is 5.59. The van der Waals surface area contributed by atoms with Crippen LogP contribution in [-0.4, -0.2) is 17.1 Å². The second-order valence-electron chi connectivity index (χ2n) is 3.31. The number of carbonyl (C=O) groups is 1. The Morgan fingerprint density at radius 3 is 2.80 bits per heavy atom. The van der Waals surface area contributed by atoms with Crippen LogP contribution in [-0.2, 0) is 11.2 Å². The standard InChI is InChI=1S/C10H11ClFNO2/c1-5-2-3-7(11)9(12)6(5)4-8(13)10(14)15/h2-3,8H,4,13H2,1H3,(H,14,15). The smallest absolute Gasteiger partial charge is 0.320 e. The lowest BCUT2D eigenvalue weighted by Gasteiger charge is -2.11. The number of rotatable bonds is 3. The molecule has 0 amide bonds. The molecule has 1 aromatic rings. The van der Waals surface area contributed by atoms with Crippen molar-refractivity contribution in [1.29, 1.82) is 0 Å². The Morgan fingerprint density at radius 2 is 2.27 bits per heavy atom. The molecular formula is C10H11ClFNO2. The highest BCUT2D eigenvalue weighted by Crippen LogP contribution is 2.22. The molecule has 0 aliphatic rings. The Morgan fingerprint density at radius 1 is 1.67 bits per heavy atom. The highest BCUT2D eigenvalue weighted by Gasteiger charge is 2.17. The van der Waals surface area contributed by atoms with Crippen molar-refractivity contribution in [3.05, 3.63) is 34.1 Å². The van der Waals surface area contributed by atoms with Gasteiger partial charge in [0, 0.05) is 6.42 Å². The van der Waals surface area contributed by atoms with Crippen LogP contribution in [0.4, 0.5) is 4.39 Å². The predicted octanol–water partition coefficient (Wildman–Crippen LogP) is 1.74. The van der Waals surface area contributed by atoms with E-state index in [0.717, 1.165) is 0 Å². The van der Waals surface area contributed by atoms with E-state index in [9.17, 15) is 9.18 Å². The summed E-state index contributed by atoms with van der Waals surface area (Å²) < 4.78 is 13.5. The number of aliphatic carboxylic acids is 1. The van der Waals surface area contributed by atoms with Crippen molar-refractivity contribution < 1.29 is 14.3 Å². The van der Waals surface area contributed by atoms with Crippen molar-refractivity contribution >= 4 is 17.6 Å². The second kappa shape index (κ2) is 4.59. The topological polar surface area (TPSA) is 63.3 Å². The maximum absolute atomic E-state index is 13.5. The van der Waals surface area contributed by atoms with Crippen molar-refractivity contribution in [2.75, 3.05) is 0 Å². The lowest BCUT2D eigenvalue weighted by Crippen LogP contribution is -2.32. The Balaban J connectivity index is 3.03. The van der Waals surface area contributed by atoms with Crippen molar-refractivity contribution in [2.45, 2.75) is 19.4 Å². The highest BCUT2D eigenvalue weighted by molar-refractivity contribution is 6.30. The molecule has 0 saturated carbocycles. The van der Waals surface area contributed by atoms with Crippen molar-refractivity contribution in [1.82, 2.24) is 0 Å². The normalized spacial score (nSPS) is 12.5. The number of aryl methyl sites for hydroxylation is 1. The van der Waals surface area contributed by atoms with Gasteiger partial charge in [-0.25, -0.2) is 4.39 Å². The van der Waals surface area contributed by atoms with Crippen molar-refractivity contribution in [2.24, 2.45) is 5.73 Å². The zero-order valence-corrected chi connectivity index (χ0v) is 8.88. The van der Waals surface area contributed by atoms with E-state index in [1.165, 1.54) is 6.07 Å². The molecule has 0 bridgehead atoms. The van der Waals surface area contributed by atoms with Gasteiger partial charge in [0.1, 0.15) is 11.9 Å². The first-order valence-electron chi connectivity index (χ1n) is 4.35. The van der Waals surface area contributed by atoms with Crippen LogP contribution >= 0.6 is 11.6 Å². The first kappa shape index (κ1) is 11.9. The van der Waals surface area contributed by atoms with Gasteiger partial charge in [-0.3, -0.25) is 4.79 Å². The van der Waals surface area contributed by atoms with Crippen LogP contribution < -0.4 is 5.73 Å². The van der Waals surface area contributed by atoms with E-state index >= 15 is 0 Å². The molecule has 1 unspecified atom stereocenters. The molecule has 0 aliphatic heterocycles. The quantitative estimate of drug-likeness (QED) is 0.833. The van der Waals surface area contributed by atoms with Crippen LogP contribution in [0.25, 0.3) is 0 Å². The minimum absolute atomic E-state index is 0.0202. The van der Waals surface area contributed by atoms with E-state index in [0.29, 0.717) is 5.56 Å². The molecule has 5 heteroatoms. The molecule has 0 heterocycles. The molecule has 82 valence electrons. The monoisotopic (exact) mass is 231 g/mol. The molecule has 0 radical (unpaired) electrons. The third-order valence-corrected chi connectivity index (χ3v) is 2.46. The van der Waals surface area contributed by atoms with Crippen LogP contribution in [0.2, 0.25) is 5.02 Å². The molecule has 0 aromatic heterocycles. The summed E-state index contributed by atoms with van der Waals surface area (Å²) in [5.74, 6) is -1.75. The number of nitrogens with two attached hydrogens (primary N) is 1. The third-order valence-electron chi connectivity index (χ3n) is 2.17. The first-order valence-corrected chi connectivity index (χ1v) is 4.73. The van der Waals surface area contributed by atoms with Gasteiger partial charge >= 0.3 is 5.97 Å².